The summed E-state index contributed by atoms with van der Waals surface area (Å²) in [5, 5.41) is 4.71. The number of hydrogen-bond acceptors (Lipinski definition) is 5. The smallest absolute Gasteiger partial charge is 0.222 e. The highest BCUT2D eigenvalue weighted by Gasteiger charge is 2.11. The summed E-state index contributed by atoms with van der Waals surface area (Å²) in [6, 6.07) is 9.65. The van der Waals surface area contributed by atoms with Crippen LogP contribution in [-0.4, -0.2) is 29.4 Å². The molecule has 0 saturated carbocycles. The zero-order valence-electron chi connectivity index (χ0n) is 15.0. The molecular formula is C19H21ClN4O2. The van der Waals surface area contributed by atoms with Gasteiger partial charge in [0, 0.05) is 0 Å². The summed E-state index contributed by atoms with van der Waals surface area (Å²) in [7, 11) is 0. The van der Waals surface area contributed by atoms with E-state index in [-0.39, 0.29) is 0 Å². The molecule has 0 amide bonds. The number of aryl methyl sites for hydroxylation is 1. The number of aromatic amines is 1. The normalized spacial score (nSPS) is 11.2. The zero-order valence-corrected chi connectivity index (χ0v) is 15.7. The molecule has 7 heteroatoms. The van der Waals surface area contributed by atoms with Gasteiger partial charge < -0.3 is 14.5 Å². The number of fused-ring (bicyclic) bond motifs is 1. The fourth-order valence-electron chi connectivity index (χ4n) is 2.55. The van der Waals surface area contributed by atoms with Crippen molar-refractivity contribution in [1.82, 2.24) is 9.97 Å². The van der Waals surface area contributed by atoms with Gasteiger partial charge in [0.2, 0.25) is 5.95 Å². The van der Waals surface area contributed by atoms with E-state index in [0.717, 1.165) is 16.6 Å². The van der Waals surface area contributed by atoms with E-state index in [1.165, 1.54) is 5.56 Å². The molecule has 0 aliphatic carbocycles. The Balaban J connectivity index is 1.78. The number of halogens is 1. The van der Waals surface area contributed by atoms with Crippen molar-refractivity contribution in [3.05, 3.63) is 46.5 Å². The number of hydrazone groups is 1. The van der Waals surface area contributed by atoms with Crippen LogP contribution in [0.3, 0.4) is 0 Å². The quantitative estimate of drug-likeness (QED) is 0.463. The van der Waals surface area contributed by atoms with Crippen molar-refractivity contribution in [2.24, 2.45) is 5.10 Å². The molecule has 26 heavy (non-hydrogen) atoms. The molecule has 3 aromatic rings. The second-order valence-electron chi connectivity index (χ2n) is 5.67. The lowest BCUT2D eigenvalue weighted by Crippen LogP contribution is -2.00. The van der Waals surface area contributed by atoms with Crippen LogP contribution in [0.4, 0.5) is 5.95 Å². The first-order chi connectivity index (χ1) is 12.6. The van der Waals surface area contributed by atoms with Gasteiger partial charge in [0.15, 0.2) is 11.5 Å². The van der Waals surface area contributed by atoms with Crippen LogP contribution in [-0.2, 0) is 0 Å². The van der Waals surface area contributed by atoms with Crippen LogP contribution in [0.5, 0.6) is 11.5 Å². The number of hydrogen-bond donors (Lipinski definition) is 2. The molecule has 0 bridgehead atoms. The summed E-state index contributed by atoms with van der Waals surface area (Å²) >= 11 is 6.31. The summed E-state index contributed by atoms with van der Waals surface area (Å²) in [6.45, 7) is 6.89. The van der Waals surface area contributed by atoms with Crippen LogP contribution in [0.15, 0.2) is 35.4 Å². The fraction of sp³-hybridized carbons (Fsp3) is 0.263. The fourth-order valence-corrected chi connectivity index (χ4v) is 2.83. The third-order valence-electron chi connectivity index (χ3n) is 3.64. The van der Waals surface area contributed by atoms with Crippen LogP contribution in [0.1, 0.15) is 25.0 Å². The lowest BCUT2D eigenvalue weighted by Gasteiger charge is -2.13. The predicted molar refractivity (Wildman–Crippen MR) is 106 cm³/mol. The van der Waals surface area contributed by atoms with Gasteiger partial charge in [-0.25, -0.2) is 10.4 Å². The van der Waals surface area contributed by atoms with Crippen LogP contribution < -0.4 is 14.9 Å². The molecule has 6 nitrogen and oxygen atoms in total. The Morgan fingerprint density at radius 1 is 1.19 bits per heavy atom. The SMILES string of the molecule is CCOc1cc(/C=N\Nc2nc3ccc(C)cc3[nH]2)cc(Cl)c1OCC. The summed E-state index contributed by atoms with van der Waals surface area (Å²) in [6.07, 6.45) is 1.66. The second-order valence-corrected chi connectivity index (χ2v) is 6.08. The molecule has 0 saturated heterocycles. The molecule has 3 rings (SSSR count). The number of H-pyrrole nitrogens is 1. The van der Waals surface area contributed by atoms with Gasteiger partial charge >= 0.3 is 0 Å². The summed E-state index contributed by atoms with van der Waals surface area (Å²) in [5.41, 5.74) is 6.71. The van der Waals surface area contributed by atoms with Gasteiger partial charge in [-0.15, -0.1) is 0 Å². The zero-order chi connectivity index (χ0) is 18.5. The number of rotatable bonds is 7. The lowest BCUT2D eigenvalue weighted by atomic mass is 10.2. The maximum absolute atomic E-state index is 6.31. The van der Waals surface area contributed by atoms with Crippen molar-refractivity contribution in [3.63, 3.8) is 0 Å². The van der Waals surface area contributed by atoms with Gasteiger partial charge in [-0.05, 0) is 56.2 Å². The van der Waals surface area contributed by atoms with Gasteiger partial charge in [0.25, 0.3) is 0 Å². The standard InChI is InChI=1S/C19H21ClN4O2/c1-4-25-17-10-13(9-14(20)18(17)26-5-2)11-21-24-19-22-15-7-6-12(3)8-16(15)23-19/h6-11H,4-5H2,1-3H3,(H2,22,23,24)/b21-11-. The first-order valence-electron chi connectivity index (χ1n) is 8.45. The van der Waals surface area contributed by atoms with Gasteiger partial charge in [-0.3, -0.25) is 0 Å². The first kappa shape index (κ1) is 18.1. The van der Waals surface area contributed by atoms with Crippen LogP contribution >= 0.6 is 11.6 Å². The summed E-state index contributed by atoms with van der Waals surface area (Å²) in [4.78, 5) is 7.62. The maximum Gasteiger partial charge on any atom is 0.222 e. The van der Waals surface area contributed by atoms with Gasteiger partial charge in [-0.2, -0.15) is 5.10 Å². The Bertz CT molecular complexity index is 937. The number of nitrogens with zero attached hydrogens (tertiary/aromatic N) is 2. The van der Waals surface area contributed by atoms with Crippen molar-refractivity contribution in [3.8, 4) is 11.5 Å². The Morgan fingerprint density at radius 3 is 2.77 bits per heavy atom. The van der Waals surface area contributed by atoms with Gasteiger partial charge in [0.1, 0.15) is 0 Å². The Hall–Kier alpha value is -2.73. The number of aromatic nitrogens is 2. The molecule has 2 N–H and O–H groups in total. The third-order valence-corrected chi connectivity index (χ3v) is 3.92. The molecule has 0 fully saturated rings. The molecule has 0 radical (unpaired) electrons. The Labute approximate surface area is 157 Å². The molecule has 1 aromatic heterocycles. The van der Waals surface area contributed by atoms with E-state index in [1.54, 1.807) is 12.3 Å². The van der Waals surface area contributed by atoms with Crippen LogP contribution in [0.2, 0.25) is 5.02 Å². The van der Waals surface area contributed by atoms with Crippen molar-refractivity contribution in [2.45, 2.75) is 20.8 Å². The molecular weight excluding hydrogens is 352 g/mol. The summed E-state index contributed by atoms with van der Waals surface area (Å²) < 4.78 is 11.2. The predicted octanol–water partition coefficient (Wildman–Crippen LogP) is 4.77. The van der Waals surface area contributed by atoms with Crippen molar-refractivity contribution >= 4 is 34.8 Å². The molecule has 1 heterocycles. The van der Waals surface area contributed by atoms with Gasteiger partial charge in [0.05, 0.1) is 35.5 Å². The largest absolute Gasteiger partial charge is 0.490 e. The van der Waals surface area contributed by atoms with E-state index in [2.05, 4.69) is 20.5 Å². The minimum Gasteiger partial charge on any atom is -0.490 e. The molecule has 0 unspecified atom stereocenters. The van der Waals surface area contributed by atoms with E-state index < -0.39 is 0 Å². The first-order valence-corrected chi connectivity index (χ1v) is 8.83. The number of nitrogens with one attached hydrogen (secondary N) is 2. The average molecular weight is 373 g/mol. The second kappa shape index (κ2) is 8.10. The van der Waals surface area contributed by atoms with E-state index in [9.17, 15) is 0 Å². The Morgan fingerprint density at radius 2 is 2.00 bits per heavy atom. The third kappa shape index (κ3) is 4.08. The van der Waals surface area contributed by atoms with Crippen LogP contribution in [0, 0.1) is 6.92 Å². The summed E-state index contributed by atoms with van der Waals surface area (Å²) in [5.74, 6) is 1.72. The molecule has 0 spiro atoms. The molecule has 136 valence electrons. The lowest BCUT2D eigenvalue weighted by molar-refractivity contribution is 0.288. The monoisotopic (exact) mass is 372 g/mol. The van der Waals surface area contributed by atoms with Crippen molar-refractivity contribution in [1.29, 1.82) is 0 Å². The van der Waals surface area contributed by atoms with E-state index in [0.29, 0.717) is 35.7 Å². The van der Waals surface area contributed by atoms with Gasteiger partial charge in [-0.1, -0.05) is 17.7 Å². The number of anilines is 1. The highest BCUT2D eigenvalue weighted by Crippen LogP contribution is 2.36. The van der Waals surface area contributed by atoms with Crippen molar-refractivity contribution < 1.29 is 9.47 Å². The van der Waals surface area contributed by atoms with Crippen LogP contribution in [0.25, 0.3) is 11.0 Å². The molecule has 0 aliphatic rings. The van der Waals surface area contributed by atoms with E-state index >= 15 is 0 Å². The maximum atomic E-state index is 6.31. The highest BCUT2D eigenvalue weighted by atomic mass is 35.5. The van der Waals surface area contributed by atoms with Crippen molar-refractivity contribution in [2.75, 3.05) is 18.6 Å². The Kier molecular flexibility index (Phi) is 5.63. The minimum absolute atomic E-state index is 0.485. The molecule has 2 aromatic carbocycles. The molecule has 0 atom stereocenters. The minimum atomic E-state index is 0.485. The average Bonchev–Trinajstić information content (AvgIpc) is 3.00. The topological polar surface area (TPSA) is 71.5 Å². The number of benzene rings is 2. The number of imidazole rings is 1. The van der Waals surface area contributed by atoms with E-state index in [1.807, 2.05) is 45.0 Å². The van der Waals surface area contributed by atoms with E-state index in [4.69, 9.17) is 21.1 Å². The highest BCUT2D eigenvalue weighted by molar-refractivity contribution is 6.32. The molecule has 0 aliphatic heterocycles. The number of ether oxygens (including phenoxy) is 2.